The Labute approximate surface area is 221 Å². The Morgan fingerprint density at radius 1 is 0.974 bits per heavy atom. The maximum absolute atomic E-state index is 10.5. The molecule has 0 spiro atoms. The number of likely N-dealkylation sites (N-methyl/N-ethyl adjacent to an activating group) is 1. The summed E-state index contributed by atoms with van der Waals surface area (Å²) in [5, 5.41) is 22.0. The smallest absolute Gasteiger partial charge is 0.196 e. The second-order valence-electron chi connectivity index (χ2n) is 9.38. The average molecular weight is 509 g/mol. The van der Waals surface area contributed by atoms with Gasteiger partial charge in [-0.3, -0.25) is 0 Å². The van der Waals surface area contributed by atoms with Gasteiger partial charge in [0.2, 0.25) is 0 Å². The van der Waals surface area contributed by atoms with E-state index < -0.39 is 0 Å². The lowest BCUT2D eigenvalue weighted by molar-refractivity contribution is 0.312. The van der Waals surface area contributed by atoms with Crippen LogP contribution in [-0.4, -0.2) is 60.3 Å². The number of nitrogens with one attached hydrogen (secondary N) is 1. The molecule has 0 unspecified atom stereocenters. The van der Waals surface area contributed by atoms with Gasteiger partial charge < -0.3 is 24.6 Å². The Balaban J connectivity index is 0.00000294. The van der Waals surface area contributed by atoms with Crippen LogP contribution in [0.15, 0.2) is 71.0 Å². The number of rotatable bonds is 5. The summed E-state index contributed by atoms with van der Waals surface area (Å²) in [5.74, 6) is 1.87. The van der Waals surface area contributed by atoms with Gasteiger partial charge in [0.25, 0.3) is 0 Å². The molecule has 1 saturated heterocycles. The molecule has 6 rings (SSSR count). The summed E-state index contributed by atoms with van der Waals surface area (Å²) in [6.45, 7) is 4.12. The third-order valence-corrected chi connectivity index (χ3v) is 6.93. The first-order valence-corrected chi connectivity index (χ1v) is 12.3. The van der Waals surface area contributed by atoms with Gasteiger partial charge in [0.05, 0.1) is 18.5 Å². The summed E-state index contributed by atoms with van der Waals surface area (Å²) >= 11 is 0. The molecule has 8 nitrogen and oxygen atoms in total. The van der Waals surface area contributed by atoms with Crippen LogP contribution < -0.4 is 20.1 Å². The second kappa shape index (κ2) is 10.5. The molecule has 0 atom stereocenters. The number of ether oxygens (including phenoxy) is 1. The number of piperazine rings is 1. The molecule has 2 N–H and O–H groups in total. The standard InChI is InChI=1S/C29H28N6O2.CH4/c1-34-11-13-35(14-12-34)28-10-5-19(18-30-28)4-8-26-22-7-3-20(16-27(22)33-32-26)15-24-23-17-21(37-2)6-9-25(23)31-29(24)36;/h3-10,15-18,31,36H,11-14H2,1-2H3;1H4/b8-4+,20-15?;. The quantitative estimate of drug-likeness (QED) is 0.417. The van der Waals surface area contributed by atoms with Crippen molar-refractivity contribution in [2.24, 2.45) is 10.2 Å². The molecular formula is C30H32N6O2. The molecule has 4 heterocycles. The number of fused-ring (bicyclic) bond motifs is 2. The van der Waals surface area contributed by atoms with Gasteiger partial charge in [0.15, 0.2) is 5.88 Å². The first kappa shape index (κ1) is 25.2. The van der Waals surface area contributed by atoms with E-state index in [-0.39, 0.29) is 13.3 Å². The average Bonchev–Trinajstić information content (AvgIpc) is 3.47. The third-order valence-electron chi connectivity index (χ3n) is 6.93. The molecule has 0 amide bonds. The maximum Gasteiger partial charge on any atom is 0.196 e. The minimum absolute atomic E-state index is 0. The second-order valence-corrected chi connectivity index (χ2v) is 9.38. The molecule has 2 aliphatic rings. The highest BCUT2D eigenvalue weighted by Gasteiger charge is 2.15. The molecule has 2 aromatic heterocycles. The number of pyridine rings is 1. The van der Waals surface area contributed by atoms with E-state index in [0.717, 1.165) is 76.0 Å². The SMILES string of the molecule is C.COc1ccc2[nH]c(O)c(C=c3ccc4c(c3)N=NC=4/C=C/c3ccc(N4CCN(C)CC4)nc3)c2c1. The van der Waals surface area contributed by atoms with Crippen molar-refractivity contribution in [2.45, 2.75) is 7.43 Å². The number of azo groups is 1. The third kappa shape index (κ3) is 4.90. The van der Waals surface area contributed by atoms with Gasteiger partial charge in [-0.2, -0.15) is 0 Å². The van der Waals surface area contributed by atoms with Crippen molar-refractivity contribution in [2.75, 3.05) is 45.2 Å². The Hall–Kier alpha value is -4.43. The van der Waals surface area contributed by atoms with Crippen LogP contribution in [0, 0.1) is 0 Å². The van der Waals surface area contributed by atoms with Crippen LogP contribution in [-0.2, 0) is 0 Å². The molecule has 0 bridgehead atoms. The number of benzene rings is 2. The lowest BCUT2D eigenvalue weighted by Crippen LogP contribution is -2.44. The predicted octanol–water partition coefficient (Wildman–Crippen LogP) is 4.41. The molecule has 2 aromatic carbocycles. The highest BCUT2D eigenvalue weighted by molar-refractivity contribution is 5.92. The van der Waals surface area contributed by atoms with E-state index >= 15 is 0 Å². The summed E-state index contributed by atoms with van der Waals surface area (Å²) in [6, 6.07) is 15.8. The maximum atomic E-state index is 10.5. The zero-order valence-electron chi connectivity index (χ0n) is 20.8. The van der Waals surface area contributed by atoms with E-state index in [1.807, 2.05) is 60.8 Å². The fraction of sp³-hybridized carbons (Fsp3) is 0.233. The van der Waals surface area contributed by atoms with E-state index in [9.17, 15) is 5.11 Å². The van der Waals surface area contributed by atoms with E-state index in [4.69, 9.17) is 4.74 Å². The normalized spacial score (nSPS) is 15.9. The summed E-state index contributed by atoms with van der Waals surface area (Å²) in [5.41, 5.74) is 4.18. The number of aromatic nitrogens is 2. The molecule has 2 aliphatic heterocycles. The minimum atomic E-state index is 0. The molecule has 194 valence electrons. The summed E-state index contributed by atoms with van der Waals surface area (Å²) in [7, 11) is 3.78. The fourth-order valence-electron chi connectivity index (χ4n) is 4.73. The number of hydrogen-bond acceptors (Lipinski definition) is 7. The van der Waals surface area contributed by atoms with Gasteiger partial charge >= 0.3 is 0 Å². The summed E-state index contributed by atoms with van der Waals surface area (Å²) in [6.07, 6.45) is 7.83. The fourth-order valence-corrected chi connectivity index (χ4v) is 4.73. The monoisotopic (exact) mass is 508 g/mol. The molecule has 4 aromatic rings. The van der Waals surface area contributed by atoms with Gasteiger partial charge in [-0.25, -0.2) is 4.98 Å². The molecular weight excluding hydrogens is 476 g/mol. The highest BCUT2D eigenvalue weighted by Crippen LogP contribution is 2.30. The molecule has 1 fully saturated rings. The Morgan fingerprint density at radius 3 is 2.58 bits per heavy atom. The number of anilines is 1. The highest BCUT2D eigenvalue weighted by atomic mass is 16.5. The number of nitrogens with zero attached hydrogens (tertiary/aromatic N) is 5. The number of methoxy groups -OCH3 is 1. The first-order valence-electron chi connectivity index (χ1n) is 12.3. The van der Waals surface area contributed by atoms with Crippen molar-refractivity contribution < 1.29 is 9.84 Å². The molecule has 0 radical (unpaired) electrons. The molecule has 0 saturated carbocycles. The van der Waals surface area contributed by atoms with Gasteiger partial charge in [-0.05, 0) is 72.4 Å². The van der Waals surface area contributed by atoms with Crippen LogP contribution >= 0.6 is 0 Å². The van der Waals surface area contributed by atoms with Crippen LogP contribution in [0.3, 0.4) is 0 Å². The van der Waals surface area contributed by atoms with Crippen molar-refractivity contribution in [1.82, 2.24) is 14.9 Å². The Kier molecular flexibility index (Phi) is 6.98. The predicted molar refractivity (Wildman–Crippen MR) is 153 cm³/mol. The van der Waals surface area contributed by atoms with Crippen molar-refractivity contribution in [1.29, 1.82) is 0 Å². The van der Waals surface area contributed by atoms with E-state index in [0.29, 0.717) is 5.56 Å². The van der Waals surface area contributed by atoms with Crippen LogP contribution in [0.4, 0.5) is 11.5 Å². The van der Waals surface area contributed by atoms with Crippen LogP contribution in [0.5, 0.6) is 11.6 Å². The van der Waals surface area contributed by atoms with Crippen LogP contribution in [0.2, 0.25) is 0 Å². The lowest BCUT2D eigenvalue weighted by Gasteiger charge is -2.33. The van der Waals surface area contributed by atoms with Crippen molar-refractivity contribution >= 4 is 40.3 Å². The minimum Gasteiger partial charge on any atom is -0.497 e. The van der Waals surface area contributed by atoms with Gasteiger partial charge in [-0.15, -0.1) is 10.2 Å². The van der Waals surface area contributed by atoms with Gasteiger partial charge in [0, 0.05) is 54.1 Å². The summed E-state index contributed by atoms with van der Waals surface area (Å²) in [4.78, 5) is 12.3. The Morgan fingerprint density at radius 2 is 1.82 bits per heavy atom. The topological polar surface area (TPSA) is 89.3 Å². The summed E-state index contributed by atoms with van der Waals surface area (Å²) < 4.78 is 5.35. The number of hydrogen-bond donors (Lipinski definition) is 2. The Bertz CT molecular complexity index is 1640. The van der Waals surface area contributed by atoms with Crippen molar-refractivity contribution in [3.63, 3.8) is 0 Å². The first-order chi connectivity index (χ1) is 18.1. The zero-order valence-corrected chi connectivity index (χ0v) is 20.8. The number of H-pyrrole nitrogens is 1. The molecule has 38 heavy (non-hydrogen) atoms. The number of aromatic amines is 1. The lowest BCUT2D eigenvalue weighted by atomic mass is 10.1. The molecule has 0 aliphatic carbocycles. The van der Waals surface area contributed by atoms with Crippen molar-refractivity contribution in [3.05, 3.63) is 82.4 Å². The van der Waals surface area contributed by atoms with Gasteiger partial charge in [0.1, 0.15) is 11.6 Å². The van der Waals surface area contributed by atoms with Crippen molar-refractivity contribution in [3.8, 4) is 11.6 Å². The van der Waals surface area contributed by atoms with E-state index in [1.165, 1.54) is 0 Å². The zero-order chi connectivity index (χ0) is 25.4. The molecule has 8 heteroatoms. The number of aromatic hydroxyl groups is 1. The van der Waals surface area contributed by atoms with Crippen LogP contribution in [0.1, 0.15) is 18.6 Å². The van der Waals surface area contributed by atoms with Crippen LogP contribution in [0.25, 0.3) is 28.8 Å². The van der Waals surface area contributed by atoms with E-state index in [1.54, 1.807) is 7.11 Å². The largest absolute Gasteiger partial charge is 0.497 e. The van der Waals surface area contributed by atoms with Gasteiger partial charge in [-0.1, -0.05) is 19.6 Å². The van der Waals surface area contributed by atoms with E-state index in [2.05, 4.69) is 49.2 Å².